The van der Waals surface area contributed by atoms with Gasteiger partial charge in [-0.05, 0) is 33.6 Å². The summed E-state index contributed by atoms with van der Waals surface area (Å²) < 4.78 is 6.42. The van der Waals surface area contributed by atoms with E-state index in [2.05, 4.69) is 15.6 Å². The molecule has 7 nitrogen and oxygen atoms in total. The number of fused-ring (bicyclic) bond motifs is 1. The molecule has 0 saturated carbocycles. The van der Waals surface area contributed by atoms with Crippen molar-refractivity contribution in [2.24, 2.45) is 0 Å². The van der Waals surface area contributed by atoms with Crippen molar-refractivity contribution in [3.8, 4) is 0 Å². The van der Waals surface area contributed by atoms with E-state index in [1.165, 1.54) is 4.68 Å². The van der Waals surface area contributed by atoms with E-state index in [-0.39, 0.29) is 17.5 Å². The molecule has 22 heavy (non-hydrogen) atoms. The summed E-state index contributed by atoms with van der Waals surface area (Å²) in [6, 6.07) is 0.171. The number of amides is 1. The Bertz CT molecular complexity index is 732. The van der Waals surface area contributed by atoms with Crippen LogP contribution >= 0.6 is 0 Å². The van der Waals surface area contributed by atoms with Crippen molar-refractivity contribution in [1.29, 1.82) is 0 Å². The van der Waals surface area contributed by atoms with Crippen LogP contribution in [0.1, 0.15) is 44.6 Å². The third-order valence-electron chi connectivity index (χ3n) is 3.73. The summed E-state index contributed by atoms with van der Waals surface area (Å²) in [7, 11) is 0. The fourth-order valence-electron chi connectivity index (χ4n) is 2.33. The van der Waals surface area contributed by atoms with Gasteiger partial charge in [0.1, 0.15) is 5.76 Å². The summed E-state index contributed by atoms with van der Waals surface area (Å²) in [6.45, 7) is 7.95. The highest BCUT2D eigenvalue weighted by Gasteiger charge is 2.15. The van der Waals surface area contributed by atoms with Gasteiger partial charge in [-0.25, -0.2) is 4.68 Å². The van der Waals surface area contributed by atoms with Gasteiger partial charge in [-0.1, -0.05) is 12.1 Å². The summed E-state index contributed by atoms with van der Waals surface area (Å²) in [5.74, 6) is 0.592. The first-order valence-electron chi connectivity index (χ1n) is 7.57. The number of aromatic nitrogens is 3. The minimum absolute atomic E-state index is 0.00233. The molecule has 2 heterocycles. The lowest BCUT2D eigenvalue weighted by Gasteiger charge is -2.11. The molecule has 1 amide bonds. The maximum atomic E-state index is 12.3. The van der Waals surface area contributed by atoms with Gasteiger partial charge < -0.3 is 9.84 Å². The topological polar surface area (TPSA) is 90.0 Å². The Balaban J connectivity index is 2.05. The van der Waals surface area contributed by atoms with Crippen LogP contribution in [0, 0.1) is 13.8 Å². The number of aryl methyl sites for hydroxylation is 3. The average Bonchev–Trinajstić information content (AvgIpc) is 2.86. The SMILES string of the molecule is CC[C@H](C)NC(=O)CCCn1nc(C)c2c(C)onc2c1=O. The lowest BCUT2D eigenvalue weighted by atomic mass is 10.2. The van der Waals surface area contributed by atoms with Gasteiger partial charge in [0.15, 0.2) is 5.52 Å². The van der Waals surface area contributed by atoms with E-state index in [0.29, 0.717) is 41.7 Å². The van der Waals surface area contributed by atoms with Crippen molar-refractivity contribution in [1.82, 2.24) is 20.3 Å². The zero-order chi connectivity index (χ0) is 16.3. The number of carbonyl (C=O) groups is 1. The van der Waals surface area contributed by atoms with Crippen molar-refractivity contribution in [2.45, 2.75) is 59.5 Å². The number of carbonyl (C=O) groups excluding carboxylic acids is 1. The molecule has 2 aromatic heterocycles. The lowest BCUT2D eigenvalue weighted by molar-refractivity contribution is -0.121. The van der Waals surface area contributed by atoms with Crippen molar-refractivity contribution in [2.75, 3.05) is 0 Å². The van der Waals surface area contributed by atoms with Crippen LogP contribution in [0.2, 0.25) is 0 Å². The Labute approximate surface area is 128 Å². The molecule has 0 aliphatic carbocycles. The van der Waals surface area contributed by atoms with Crippen LogP contribution in [-0.4, -0.2) is 26.9 Å². The minimum atomic E-state index is -0.278. The molecule has 2 rings (SSSR count). The number of hydrogen-bond acceptors (Lipinski definition) is 5. The van der Waals surface area contributed by atoms with E-state index in [1.54, 1.807) is 6.92 Å². The Morgan fingerprint density at radius 1 is 1.41 bits per heavy atom. The maximum absolute atomic E-state index is 12.3. The maximum Gasteiger partial charge on any atom is 0.296 e. The molecule has 7 heteroatoms. The van der Waals surface area contributed by atoms with Gasteiger partial charge in [-0.15, -0.1) is 0 Å². The zero-order valence-corrected chi connectivity index (χ0v) is 13.5. The lowest BCUT2D eigenvalue weighted by Crippen LogP contribution is -2.32. The largest absolute Gasteiger partial charge is 0.360 e. The van der Waals surface area contributed by atoms with Gasteiger partial charge in [0.2, 0.25) is 5.91 Å². The molecule has 0 saturated heterocycles. The highest BCUT2D eigenvalue weighted by molar-refractivity contribution is 5.81. The molecule has 0 fully saturated rings. The zero-order valence-electron chi connectivity index (χ0n) is 13.5. The van der Waals surface area contributed by atoms with Crippen molar-refractivity contribution >= 4 is 16.8 Å². The fourth-order valence-corrected chi connectivity index (χ4v) is 2.33. The Hall–Kier alpha value is -2.18. The standard InChI is InChI=1S/C15H22N4O3/c1-5-9(2)16-12(20)7-6-8-19-15(21)14-13(10(3)17-19)11(4)22-18-14/h9H,5-8H2,1-4H3,(H,16,20)/t9-/m0/s1. The minimum Gasteiger partial charge on any atom is -0.360 e. The summed E-state index contributed by atoms with van der Waals surface area (Å²) in [6.07, 6.45) is 1.82. The van der Waals surface area contributed by atoms with Gasteiger partial charge in [0, 0.05) is 19.0 Å². The summed E-state index contributed by atoms with van der Waals surface area (Å²) >= 11 is 0. The first-order valence-corrected chi connectivity index (χ1v) is 7.57. The van der Waals surface area contributed by atoms with E-state index in [0.717, 1.165) is 6.42 Å². The fraction of sp³-hybridized carbons (Fsp3) is 0.600. The van der Waals surface area contributed by atoms with Crippen molar-refractivity contribution in [3.05, 3.63) is 21.8 Å². The third-order valence-corrected chi connectivity index (χ3v) is 3.73. The predicted molar refractivity (Wildman–Crippen MR) is 82.7 cm³/mol. The Kier molecular flexibility index (Phi) is 4.95. The molecule has 1 N–H and O–H groups in total. The molecule has 0 unspecified atom stereocenters. The van der Waals surface area contributed by atoms with Gasteiger partial charge in [-0.3, -0.25) is 9.59 Å². The van der Waals surface area contributed by atoms with Crippen LogP contribution in [0.25, 0.3) is 10.9 Å². The smallest absolute Gasteiger partial charge is 0.296 e. The molecular formula is C15H22N4O3. The van der Waals surface area contributed by atoms with Crippen LogP contribution in [0.4, 0.5) is 0 Å². The monoisotopic (exact) mass is 306 g/mol. The first-order chi connectivity index (χ1) is 10.4. The molecule has 1 atom stereocenters. The normalized spacial score (nSPS) is 12.5. The summed E-state index contributed by atoms with van der Waals surface area (Å²) in [5.41, 5.74) is 0.728. The van der Waals surface area contributed by atoms with Crippen LogP contribution in [0.3, 0.4) is 0 Å². The van der Waals surface area contributed by atoms with Crippen LogP contribution < -0.4 is 10.9 Å². The number of nitrogens with zero attached hydrogens (tertiary/aromatic N) is 3. The van der Waals surface area contributed by atoms with E-state index >= 15 is 0 Å². The number of nitrogens with one attached hydrogen (secondary N) is 1. The second kappa shape index (κ2) is 6.72. The van der Waals surface area contributed by atoms with Crippen molar-refractivity contribution < 1.29 is 9.32 Å². The predicted octanol–water partition coefficient (Wildman–Crippen LogP) is 1.70. The van der Waals surface area contributed by atoms with E-state index in [9.17, 15) is 9.59 Å². The molecule has 0 spiro atoms. The summed E-state index contributed by atoms with van der Waals surface area (Å²) in [5, 5.41) is 11.7. The molecule has 0 aliphatic rings. The molecular weight excluding hydrogens is 284 g/mol. The van der Waals surface area contributed by atoms with Gasteiger partial charge in [0.25, 0.3) is 5.56 Å². The first kappa shape index (κ1) is 16.2. The average molecular weight is 306 g/mol. The van der Waals surface area contributed by atoms with E-state index in [1.807, 2.05) is 20.8 Å². The second-order valence-corrected chi connectivity index (χ2v) is 5.56. The summed E-state index contributed by atoms with van der Waals surface area (Å²) in [4.78, 5) is 24.0. The van der Waals surface area contributed by atoms with E-state index in [4.69, 9.17) is 4.52 Å². The second-order valence-electron chi connectivity index (χ2n) is 5.56. The molecule has 0 bridgehead atoms. The quantitative estimate of drug-likeness (QED) is 0.877. The van der Waals surface area contributed by atoms with Crippen molar-refractivity contribution in [3.63, 3.8) is 0 Å². The number of hydrogen-bond donors (Lipinski definition) is 1. The molecule has 0 aliphatic heterocycles. The Morgan fingerprint density at radius 2 is 2.14 bits per heavy atom. The van der Waals surface area contributed by atoms with Crippen LogP contribution in [-0.2, 0) is 11.3 Å². The highest BCUT2D eigenvalue weighted by Crippen LogP contribution is 2.16. The van der Waals surface area contributed by atoms with Gasteiger partial charge >= 0.3 is 0 Å². The molecule has 2 aromatic rings. The van der Waals surface area contributed by atoms with Crippen LogP contribution in [0.15, 0.2) is 9.32 Å². The molecule has 0 radical (unpaired) electrons. The van der Waals surface area contributed by atoms with Crippen LogP contribution in [0.5, 0.6) is 0 Å². The van der Waals surface area contributed by atoms with Gasteiger partial charge in [0.05, 0.1) is 11.1 Å². The van der Waals surface area contributed by atoms with E-state index < -0.39 is 0 Å². The van der Waals surface area contributed by atoms with Gasteiger partial charge in [-0.2, -0.15) is 5.10 Å². The highest BCUT2D eigenvalue weighted by atomic mass is 16.5. The molecule has 120 valence electrons. The third kappa shape index (κ3) is 3.35. The Morgan fingerprint density at radius 3 is 2.82 bits per heavy atom. The number of rotatable bonds is 6. The molecule has 0 aromatic carbocycles.